The van der Waals surface area contributed by atoms with E-state index in [9.17, 15) is 28.1 Å². The van der Waals surface area contributed by atoms with Gasteiger partial charge in [-0.05, 0) is 47.9 Å². The van der Waals surface area contributed by atoms with Gasteiger partial charge in [0.15, 0.2) is 0 Å². The van der Waals surface area contributed by atoms with Crippen LogP contribution < -0.4 is 14.4 Å². The van der Waals surface area contributed by atoms with Crippen molar-refractivity contribution in [3.63, 3.8) is 0 Å². The van der Waals surface area contributed by atoms with Crippen molar-refractivity contribution in [2.24, 2.45) is 0 Å². The molecular formula is C34H36N4O7S. The van der Waals surface area contributed by atoms with Crippen LogP contribution in [-0.2, 0) is 32.6 Å². The molecule has 0 fully saturated rings. The van der Waals surface area contributed by atoms with E-state index >= 15 is 0 Å². The van der Waals surface area contributed by atoms with Crippen LogP contribution in [0.4, 0.5) is 11.4 Å². The maximum Gasteiger partial charge on any atom is 0.271 e. The van der Waals surface area contributed by atoms with Crippen molar-refractivity contribution in [1.82, 2.24) is 10.2 Å². The summed E-state index contributed by atoms with van der Waals surface area (Å²) in [5.41, 5.74) is 1.05. The predicted octanol–water partition coefficient (Wildman–Crippen LogP) is 4.97. The van der Waals surface area contributed by atoms with Crippen LogP contribution in [0.1, 0.15) is 24.5 Å². The smallest absolute Gasteiger partial charge is 0.271 e. The molecular weight excluding hydrogens is 608 g/mol. The SMILES string of the molecule is CCCNC(=O)C(Cc1ccccc1)N(Cc1cccc(OC)c1)C(=O)CN(c1cccc([N+](=O)[O-])c1)S(=O)(=O)c1ccccc1. The van der Waals surface area contributed by atoms with E-state index in [0.717, 1.165) is 15.9 Å². The summed E-state index contributed by atoms with van der Waals surface area (Å²) in [6.07, 6.45) is 0.831. The Bertz CT molecular complexity index is 1750. The Morgan fingerprint density at radius 3 is 2.20 bits per heavy atom. The third kappa shape index (κ3) is 8.48. The van der Waals surface area contributed by atoms with Crippen molar-refractivity contribution in [3.8, 4) is 5.75 Å². The highest BCUT2D eigenvalue weighted by atomic mass is 32.2. The van der Waals surface area contributed by atoms with Crippen LogP contribution in [0.15, 0.2) is 114 Å². The molecule has 1 unspecified atom stereocenters. The Kier molecular flexibility index (Phi) is 11.5. The first-order valence-corrected chi connectivity index (χ1v) is 16.1. The average molecular weight is 645 g/mol. The fraction of sp³-hybridized carbons (Fsp3) is 0.235. The number of nitrogens with zero attached hydrogens (tertiary/aromatic N) is 3. The zero-order valence-corrected chi connectivity index (χ0v) is 26.4. The molecule has 0 spiro atoms. The third-order valence-corrected chi connectivity index (χ3v) is 9.03. The van der Waals surface area contributed by atoms with E-state index < -0.39 is 39.3 Å². The monoisotopic (exact) mass is 644 g/mol. The van der Waals surface area contributed by atoms with Gasteiger partial charge in [-0.25, -0.2) is 8.42 Å². The largest absolute Gasteiger partial charge is 0.497 e. The van der Waals surface area contributed by atoms with Gasteiger partial charge in [0.1, 0.15) is 18.3 Å². The zero-order valence-electron chi connectivity index (χ0n) is 25.6. The van der Waals surface area contributed by atoms with Crippen LogP contribution in [0.3, 0.4) is 0 Å². The number of hydrogen-bond donors (Lipinski definition) is 1. The van der Waals surface area contributed by atoms with Crippen LogP contribution in [0, 0.1) is 10.1 Å². The summed E-state index contributed by atoms with van der Waals surface area (Å²) in [7, 11) is -2.87. The summed E-state index contributed by atoms with van der Waals surface area (Å²) in [5, 5.41) is 14.5. The number of sulfonamides is 1. The summed E-state index contributed by atoms with van der Waals surface area (Å²) >= 11 is 0. The maximum absolute atomic E-state index is 14.5. The average Bonchev–Trinajstić information content (AvgIpc) is 3.08. The zero-order chi connectivity index (χ0) is 33.1. The highest BCUT2D eigenvalue weighted by molar-refractivity contribution is 7.92. The lowest BCUT2D eigenvalue weighted by Crippen LogP contribution is -2.53. The van der Waals surface area contributed by atoms with E-state index in [1.54, 1.807) is 42.5 Å². The first-order chi connectivity index (χ1) is 22.1. The second kappa shape index (κ2) is 15.7. The summed E-state index contributed by atoms with van der Waals surface area (Å²) in [4.78, 5) is 40.4. The van der Waals surface area contributed by atoms with Crippen molar-refractivity contribution in [1.29, 1.82) is 0 Å². The number of carbonyl (C=O) groups is 2. The number of nitrogens with one attached hydrogen (secondary N) is 1. The fourth-order valence-electron chi connectivity index (χ4n) is 4.90. The van der Waals surface area contributed by atoms with Gasteiger partial charge in [-0.2, -0.15) is 0 Å². The number of nitro benzene ring substituents is 1. The number of ether oxygens (including phenoxy) is 1. The van der Waals surface area contributed by atoms with E-state index in [-0.39, 0.29) is 29.2 Å². The van der Waals surface area contributed by atoms with E-state index in [1.807, 2.05) is 37.3 Å². The molecule has 0 aliphatic heterocycles. The van der Waals surface area contributed by atoms with Crippen LogP contribution in [0.25, 0.3) is 0 Å². The Balaban J connectivity index is 1.83. The van der Waals surface area contributed by atoms with Crippen LogP contribution in [0.5, 0.6) is 5.75 Å². The molecule has 46 heavy (non-hydrogen) atoms. The molecule has 2 amide bonds. The normalized spacial score (nSPS) is 11.7. The summed E-state index contributed by atoms with van der Waals surface area (Å²) < 4.78 is 34.3. The van der Waals surface area contributed by atoms with Gasteiger partial charge in [-0.15, -0.1) is 0 Å². The Labute approximate surface area is 268 Å². The molecule has 0 aliphatic carbocycles. The quantitative estimate of drug-likeness (QED) is 0.143. The minimum absolute atomic E-state index is 0.0404. The molecule has 0 saturated carbocycles. The lowest BCUT2D eigenvalue weighted by atomic mass is 10.0. The topological polar surface area (TPSA) is 139 Å². The molecule has 12 heteroatoms. The lowest BCUT2D eigenvalue weighted by Gasteiger charge is -2.34. The Morgan fingerprint density at radius 1 is 0.891 bits per heavy atom. The number of methoxy groups -OCH3 is 1. The molecule has 0 aromatic heterocycles. The second-order valence-corrected chi connectivity index (χ2v) is 12.3. The molecule has 11 nitrogen and oxygen atoms in total. The number of amides is 2. The number of benzene rings is 4. The van der Waals surface area contributed by atoms with E-state index in [0.29, 0.717) is 24.3 Å². The minimum Gasteiger partial charge on any atom is -0.497 e. The summed E-state index contributed by atoms with van der Waals surface area (Å²) in [5.74, 6) is -0.527. The molecule has 240 valence electrons. The van der Waals surface area contributed by atoms with Gasteiger partial charge in [-0.3, -0.25) is 24.0 Å². The molecule has 1 atom stereocenters. The van der Waals surface area contributed by atoms with E-state index in [4.69, 9.17) is 4.74 Å². The minimum atomic E-state index is -4.39. The highest BCUT2D eigenvalue weighted by Gasteiger charge is 2.35. The number of hydrogen-bond acceptors (Lipinski definition) is 7. The van der Waals surface area contributed by atoms with Gasteiger partial charge < -0.3 is 15.0 Å². The summed E-state index contributed by atoms with van der Waals surface area (Å²) in [6, 6.07) is 27.8. The van der Waals surface area contributed by atoms with Crippen LogP contribution in [-0.4, -0.2) is 56.3 Å². The molecule has 0 radical (unpaired) electrons. The standard InChI is InChI=1S/C34H36N4O7S/c1-3-20-35-34(40)32(22-26-12-6-4-7-13-26)36(24-27-14-10-17-30(21-27)45-2)33(39)25-37(28-15-11-16-29(23-28)38(41)42)46(43,44)31-18-8-5-9-19-31/h4-19,21,23,32H,3,20,22,24-25H2,1-2H3,(H,35,40). The molecule has 0 saturated heterocycles. The van der Waals surface area contributed by atoms with Crippen molar-refractivity contribution in [2.45, 2.75) is 37.2 Å². The van der Waals surface area contributed by atoms with Crippen molar-refractivity contribution < 1.29 is 27.7 Å². The molecule has 4 rings (SSSR count). The number of nitro groups is 1. The lowest BCUT2D eigenvalue weighted by molar-refractivity contribution is -0.384. The van der Waals surface area contributed by atoms with Gasteiger partial charge in [0.25, 0.3) is 15.7 Å². The van der Waals surface area contributed by atoms with Gasteiger partial charge in [0.05, 0.1) is 22.6 Å². The predicted molar refractivity (Wildman–Crippen MR) is 175 cm³/mol. The second-order valence-electron chi connectivity index (χ2n) is 10.5. The highest BCUT2D eigenvalue weighted by Crippen LogP contribution is 2.28. The van der Waals surface area contributed by atoms with Crippen molar-refractivity contribution in [3.05, 3.63) is 130 Å². The number of non-ortho nitro benzene ring substituents is 1. The molecule has 0 aliphatic rings. The number of rotatable bonds is 15. The third-order valence-electron chi connectivity index (χ3n) is 7.25. The van der Waals surface area contributed by atoms with Crippen molar-refractivity contribution in [2.75, 3.05) is 24.5 Å². The molecule has 0 heterocycles. The van der Waals surface area contributed by atoms with E-state index in [1.165, 1.54) is 42.3 Å². The van der Waals surface area contributed by atoms with Crippen LogP contribution in [0.2, 0.25) is 0 Å². The van der Waals surface area contributed by atoms with Crippen LogP contribution >= 0.6 is 0 Å². The Morgan fingerprint density at radius 2 is 1.54 bits per heavy atom. The molecule has 4 aromatic carbocycles. The maximum atomic E-state index is 14.5. The molecule has 0 bridgehead atoms. The molecule has 4 aromatic rings. The van der Waals surface area contributed by atoms with Gasteiger partial charge >= 0.3 is 0 Å². The fourth-order valence-corrected chi connectivity index (χ4v) is 6.32. The first-order valence-electron chi connectivity index (χ1n) is 14.7. The Hall–Kier alpha value is -5.23. The molecule has 1 N–H and O–H groups in total. The first kappa shape index (κ1) is 33.7. The van der Waals surface area contributed by atoms with Crippen molar-refractivity contribution >= 4 is 33.2 Å². The van der Waals surface area contributed by atoms with Gasteiger partial charge in [-0.1, -0.05) is 73.7 Å². The summed E-state index contributed by atoms with van der Waals surface area (Å²) in [6.45, 7) is 1.53. The number of carbonyl (C=O) groups excluding carboxylic acids is 2. The van der Waals surface area contributed by atoms with Gasteiger partial charge in [0, 0.05) is 31.6 Å². The number of anilines is 1. The van der Waals surface area contributed by atoms with Gasteiger partial charge in [0.2, 0.25) is 11.8 Å². The van der Waals surface area contributed by atoms with E-state index in [2.05, 4.69) is 5.32 Å².